The standard InChI is InChI=1S/C20H34N4O2S/c1-4-21-20(22-13-7-15-24-14-6-5-8-17(24)2)23-16-18-9-11-19(12-10-18)27(3,25)26/h9-12,17H,4-8,13-16H2,1-3H3,(H2,21,22,23). The smallest absolute Gasteiger partial charge is 0.191 e. The molecule has 1 heterocycles. The first-order valence-corrected chi connectivity index (χ1v) is 11.8. The molecule has 2 N–H and O–H groups in total. The predicted octanol–water partition coefficient (Wildman–Crippen LogP) is 2.41. The lowest BCUT2D eigenvalue weighted by Crippen LogP contribution is -2.41. The largest absolute Gasteiger partial charge is 0.357 e. The van der Waals surface area contributed by atoms with E-state index in [4.69, 9.17) is 0 Å². The average molecular weight is 395 g/mol. The van der Waals surface area contributed by atoms with E-state index in [1.807, 2.05) is 19.1 Å². The summed E-state index contributed by atoms with van der Waals surface area (Å²) in [5.74, 6) is 0.802. The maximum absolute atomic E-state index is 11.5. The highest BCUT2D eigenvalue weighted by Crippen LogP contribution is 2.16. The molecule has 0 spiro atoms. The van der Waals surface area contributed by atoms with Crippen molar-refractivity contribution in [2.24, 2.45) is 4.99 Å². The molecule has 6 nitrogen and oxygen atoms in total. The molecule has 1 aromatic carbocycles. The zero-order valence-corrected chi connectivity index (χ0v) is 17.7. The fraction of sp³-hybridized carbons (Fsp3) is 0.650. The van der Waals surface area contributed by atoms with E-state index >= 15 is 0 Å². The molecule has 1 aromatic rings. The van der Waals surface area contributed by atoms with E-state index in [-0.39, 0.29) is 0 Å². The van der Waals surface area contributed by atoms with Crippen molar-refractivity contribution in [1.82, 2.24) is 15.5 Å². The Morgan fingerprint density at radius 1 is 1.22 bits per heavy atom. The molecule has 1 atom stereocenters. The molecule has 0 aromatic heterocycles. The van der Waals surface area contributed by atoms with Crippen LogP contribution in [0.1, 0.15) is 45.1 Å². The van der Waals surface area contributed by atoms with Crippen molar-refractivity contribution in [1.29, 1.82) is 0 Å². The van der Waals surface area contributed by atoms with Gasteiger partial charge >= 0.3 is 0 Å². The zero-order chi connectivity index (χ0) is 19.7. The summed E-state index contributed by atoms with van der Waals surface area (Å²) in [6.07, 6.45) is 6.31. The van der Waals surface area contributed by atoms with E-state index in [1.165, 1.54) is 32.1 Å². The SMILES string of the molecule is CCNC(=NCc1ccc(S(C)(=O)=O)cc1)NCCCN1CCCCC1C. The number of guanidine groups is 1. The number of aliphatic imine (C=N–C) groups is 1. The molecule has 0 bridgehead atoms. The molecule has 7 heteroatoms. The van der Waals surface area contributed by atoms with Gasteiger partial charge in [-0.25, -0.2) is 13.4 Å². The van der Waals surface area contributed by atoms with Gasteiger partial charge in [0.1, 0.15) is 0 Å². The lowest BCUT2D eigenvalue weighted by molar-refractivity contribution is 0.159. The van der Waals surface area contributed by atoms with Crippen LogP contribution in [0, 0.1) is 0 Å². The minimum atomic E-state index is -3.15. The maximum Gasteiger partial charge on any atom is 0.191 e. The second-order valence-electron chi connectivity index (χ2n) is 7.27. The first-order chi connectivity index (χ1) is 12.9. The Bertz CT molecular complexity index is 701. The highest BCUT2D eigenvalue weighted by molar-refractivity contribution is 7.90. The van der Waals surface area contributed by atoms with E-state index in [9.17, 15) is 8.42 Å². The number of likely N-dealkylation sites (tertiary alicyclic amines) is 1. The van der Waals surface area contributed by atoms with E-state index in [0.29, 0.717) is 17.5 Å². The monoisotopic (exact) mass is 394 g/mol. The Hall–Kier alpha value is -1.60. The van der Waals surface area contributed by atoms with Crippen molar-refractivity contribution < 1.29 is 8.42 Å². The molecule has 2 rings (SSSR count). The minimum absolute atomic E-state index is 0.340. The van der Waals surface area contributed by atoms with Gasteiger partial charge in [0.05, 0.1) is 11.4 Å². The van der Waals surface area contributed by atoms with Crippen LogP contribution in [-0.4, -0.2) is 57.8 Å². The van der Waals surface area contributed by atoms with Gasteiger partial charge in [0, 0.05) is 31.9 Å². The molecule has 27 heavy (non-hydrogen) atoms. The summed E-state index contributed by atoms with van der Waals surface area (Å²) < 4.78 is 23.1. The van der Waals surface area contributed by atoms with Crippen LogP contribution < -0.4 is 10.6 Å². The Morgan fingerprint density at radius 3 is 2.59 bits per heavy atom. The Balaban J connectivity index is 1.81. The number of nitrogens with zero attached hydrogens (tertiary/aromatic N) is 2. The van der Waals surface area contributed by atoms with Crippen molar-refractivity contribution in [2.45, 2.75) is 57.0 Å². The molecule has 1 saturated heterocycles. The van der Waals surface area contributed by atoms with Crippen LogP contribution in [0.2, 0.25) is 0 Å². The highest BCUT2D eigenvalue weighted by Gasteiger charge is 2.17. The third-order valence-corrected chi connectivity index (χ3v) is 6.10. The van der Waals surface area contributed by atoms with Crippen molar-refractivity contribution in [2.75, 3.05) is 32.4 Å². The molecule has 1 aliphatic rings. The zero-order valence-electron chi connectivity index (χ0n) is 16.9. The highest BCUT2D eigenvalue weighted by atomic mass is 32.2. The number of rotatable bonds is 8. The van der Waals surface area contributed by atoms with Gasteiger partial charge in [-0.1, -0.05) is 18.6 Å². The van der Waals surface area contributed by atoms with Gasteiger partial charge in [-0.15, -0.1) is 0 Å². The Kier molecular flexibility index (Phi) is 8.57. The van der Waals surface area contributed by atoms with Gasteiger partial charge in [0.2, 0.25) is 0 Å². The quantitative estimate of drug-likeness (QED) is 0.402. The summed E-state index contributed by atoms with van der Waals surface area (Å²) in [6, 6.07) is 7.62. The van der Waals surface area contributed by atoms with Gasteiger partial charge < -0.3 is 15.5 Å². The molecule has 0 saturated carbocycles. The first-order valence-electron chi connectivity index (χ1n) is 9.95. The van der Waals surface area contributed by atoms with Crippen LogP contribution in [0.5, 0.6) is 0 Å². The summed E-state index contributed by atoms with van der Waals surface area (Å²) in [6.45, 7) is 8.94. The van der Waals surface area contributed by atoms with Gasteiger partial charge in [-0.3, -0.25) is 0 Å². The number of hydrogen-bond acceptors (Lipinski definition) is 4. The molecule has 0 amide bonds. The van der Waals surface area contributed by atoms with Crippen LogP contribution in [0.4, 0.5) is 0 Å². The lowest BCUT2D eigenvalue weighted by atomic mass is 10.0. The maximum atomic E-state index is 11.5. The van der Waals surface area contributed by atoms with Crippen LogP contribution in [0.3, 0.4) is 0 Å². The molecule has 1 fully saturated rings. The third kappa shape index (κ3) is 7.50. The van der Waals surface area contributed by atoms with Gasteiger partial charge in [0.15, 0.2) is 15.8 Å². The van der Waals surface area contributed by atoms with E-state index in [1.54, 1.807) is 12.1 Å². The van der Waals surface area contributed by atoms with E-state index in [0.717, 1.165) is 37.6 Å². The second-order valence-corrected chi connectivity index (χ2v) is 9.29. The van der Waals surface area contributed by atoms with Crippen molar-refractivity contribution in [3.63, 3.8) is 0 Å². The summed E-state index contributed by atoms with van der Waals surface area (Å²) in [5, 5.41) is 6.66. The summed E-state index contributed by atoms with van der Waals surface area (Å²) >= 11 is 0. The lowest BCUT2D eigenvalue weighted by Gasteiger charge is -2.33. The molecular formula is C20H34N4O2S. The fourth-order valence-corrected chi connectivity index (χ4v) is 3.96. The van der Waals surface area contributed by atoms with Crippen molar-refractivity contribution >= 4 is 15.8 Å². The molecule has 0 aliphatic carbocycles. The number of sulfone groups is 1. The molecular weight excluding hydrogens is 360 g/mol. The summed E-state index contributed by atoms with van der Waals surface area (Å²) in [7, 11) is -3.15. The number of hydrogen-bond donors (Lipinski definition) is 2. The molecule has 152 valence electrons. The van der Waals surface area contributed by atoms with Gasteiger partial charge in [-0.05, 0) is 57.4 Å². The van der Waals surface area contributed by atoms with Crippen molar-refractivity contribution in [3.8, 4) is 0 Å². The summed E-state index contributed by atoms with van der Waals surface area (Å²) in [5.41, 5.74) is 0.988. The Morgan fingerprint density at radius 2 is 1.96 bits per heavy atom. The van der Waals surface area contributed by atoms with Gasteiger partial charge in [-0.2, -0.15) is 0 Å². The number of benzene rings is 1. The Labute approximate surface area is 164 Å². The van der Waals surface area contributed by atoms with Crippen molar-refractivity contribution in [3.05, 3.63) is 29.8 Å². The average Bonchev–Trinajstić information content (AvgIpc) is 2.64. The van der Waals surface area contributed by atoms with Crippen LogP contribution in [-0.2, 0) is 16.4 Å². The first kappa shape index (κ1) is 21.7. The topological polar surface area (TPSA) is 73.8 Å². The third-order valence-electron chi connectivity index (χ3n) is 4.97. The predicted molar refractivity (Wildman–Crippen MR) is 112 cm³/mol. The van der Waals surface area contributed by atoms with Crippen LogP contribution in [0.15, 0.2) is 34.2 Å². The molecule has 1 aliphatic heterocycles. The molecule has 0 radical (unpaired) electrons. The van der Waals surface area contributed by atoms with Crippen LogP contribution in [0.25, 0.3) is 0 Å². The van der Waals surface area contributed by atoms with Gasteiger partial charge in [0.25, 0.3) is 0 Å². The normalized spacial score (nSPS) is 19.1. The minimum Gasteiger partial charge on any atom is -0.357 e. The fourth-order valence-electron chi connectivity index (χ4n) is 3.33. The van der Waals surface area contributed by atoms with E-state index in [2.05, 4.69) is 27.4 Å². The number of piperidine rings is 1. The van der Waals surface area contributed by atoms with Crippen LogP contribution >= 0.6 is 0 Å². The summed E-state index contributed by atoms with van der Waals surface area (Å²) in [4.78, 5) is 7.53. The molecule has 1 unspecified atom stereocenters. The van der Waals surface area contributed by atoms with E-state index < -0.39 is 9.84 Å². The second kappa shape index (κ2) is 10.7. The number of nitrogens with one attached hydrogen (secondary N) is 2.